The van der Waals surface area contributed by atoms with Crippen LogP contribution in [0.2, 0.25) is 0 Å². The minimum atomic E-state index is -1.06. The Kier molecular flexibility index (Phi) is 2.79. The number of halogens is 1. The van der Waals surface area contributed by atoms with Crippen molar-refractivity contribution in [2.75, 3.05) is 0 Å². The third kappa shape index (κ3) is 2.10. The van der Waals surface area contributed by atoms with Gasteiger partial charge in [0.2, 0.25) is 5.78 Å². The number of imidazole rings is 1. The fourth-order valence-corrected chi connectivity index (χ4v) is 2.28. The normalized spacial score (nSPS) is 10.8. The van der Waals surface area contributed by atoms with Crippen molar-refractivity contribution in [2.45, 2.75) is 0 Å². The molecule has 0 aliphatic heterocycles. The smallest absolute Gasteiger partial charge is 0.356 e. The first-order chi connectivity index (χ1) is 9.15. The zero-order chi connectivity index (χ0) is 13.4. The number of rotatable bonds is 2. The fourth-order valence-electron chi connectivity index (χ4n) is 1.88. The largest absolute Gasteiger partial charge is 0.476 e. The molecule has 0 bridgehead atoms. The van der Waals surface area contributed by atoms with Crippen LogP contribution in [0.15, 0.2) is 47.2 Å². The summed E-state index contributed by atoms with van der Waals surface area (Å²) in [5, 5.41) is 8.98. The molecule has 0 aliphatic rings. The number of hydrogen-bond donors (Lipinski definition) is 1. The number of carbonyl (C=O) groups is 1. The second kappa shape index (κ2) is 4.47. The van der Waals surface area contributed by atoms with Crippen molar-refractivity contribution < 1.29 is 9.90 Å². The van der Waals surface area contributed by atoms with Crippen LogP contribution < -0.4 is 0 Å². The minimum Gasteiger partial charge on any atom is -0.476 e. The molecule has 0 unspecified atom stereocenters. The van der Waals surface area contributed by atoms with E-state index in [4.69, 9.17) is 5.11 Å². The van der Waals surface area contributed by atoms with Gasteiger partial charge in [0, 0.05) is 16.9 Å². The van der Waals surface area contributed by atoms with Crippen molar-refractivity contribution in [3.8, 4) is 11.3 Å². The Balaban J connectivity index is 2.26. The van der Waals surface area contributed by atoms with Crippen molar-refractivity contribution in [1.29, 1.82) is 0 Å². The average molecular weight is 318 g/mol. The van der Waals surface area contributed by atoms with Crippen LogP contribution in [-0.2, 0) is 0 Å². The van der Waals surface area contributed by atoms with Gasteiger partial charge in [-0.15, -0.1) is 0 Å². The Morgan fingerprint density at radius 3 is 2.89 bits per heavy atom. The topological polar surface area (TPSA) is 67.5 Å². The highest BCUT2D eigenvalue weighted by Crippen LogP contribution is 2.23. The molecule has 0 fully saturated rings. The number of fused-ring (bicyclic) bond motifs is 1. The maximum atomic E-state index is 11.0. The van der Waals surface area contributed by atoms with Crippen molar-refractivity contribution in [2.24, 2.45) is 0 Å². The summed E-state index contributed by atoms with van der Waals surface area (Å²) in [7, 11) is 0. The van der Waals surface area contributed by atoms with E-state index in [0.29, 0.717) is 5.78 Å². The van der Waals surface area contributed by atoms with Crippen LogP contribution in [0.4, 0.5) is 0 Å². The third-order valence-corrected chi connectivity index (χ3v) is 3.20. The van der Waals surface area contributed by atoms with Crippen LogP contribution in [-0.4, -0.2) is 25.4 Å². The Morgan fingerprint density at radius 1 is 1.32 bits per heavy atom. The molecule has 0 spiro atoms. The molecule has 3 rings (SSSR count). The Labute approximate surface area is 116 Å². The van der Waals surface area contributed by atoms with E-state index in [-0.39, 0.29) is 5.69 Å². The van der Waals surface area contributed by atoms with E-state index in [1.54, 1.807) is 10.6 Å². The molecule has 1 N–H and O–H groups in total. The molecule has 2 heterocycles. The molecule has 94 valence electrons. The summed E-state index contributed by atoms with van der Waals surface area (Å²) in [6.45, 7) is 0. The lowest BCUT2D eigenvalue weighted by Crippen LogP contribution is -1.95. The van der Waals surface area contributed by atoms with Gasteiger partial charge in [0.1, 0.15) is 0 Å². The molecular weight excluding hydrogens is 310 g/mol. The van der Waals surface area contributed by atoms with Gasteiger partial charge < -0.3 is 5.11 Å². The van der Waals surface area contributed by atoms with Gasteiger partial charge in [-0.25, -0.2) is 14.8 Å². The molecule has 0 atom stereocenters. The van der Waals surface area contributed by atoms with Gasteiger partial charge in [0.05, 0.1) is 5.69 Å². The molecule has 0 radical (unpaired) electrons. The van der Waals surface area contributed by atoms with Gasteiger partial charge >= 0.3 is 5.97 Å². The lowest BCUT2D eigenvalue weighted by molar-refractivity contribution is 0.0691. The molecule has 0 saturated carbocycles. The lowest BCUT2D eigenvalue weighted by atomic mass is 10.1. The molecule has 2 aromatic heterocycles. The van der Waals surface area contributed by atoms with E-state index in [1.807, 2.05) is 30.3 Å². The zero-order valence-electron chi connectivity index (χ0n) is 9.62. The molecule has 1 aromatic carbocycles. The number of aromatic carboxylic acids is 1. The van der Waals surface area contributed by atoms with E-state index >= 15 is 0 Å². The minimum absolute atomic E-state index is 0.0186. The Morgan fingerprint density at radius 2 is 2.16 bits per heavy atom. The Hall–Kier alpha value is -2.21. The van der Waals surface area contributed by atoms with Gasteiger partial charge in [-0.1, -0.05) is 28.1 Å². The zero-order valence-corrected chi connectivity index (χ0v) is 11.2. The maximum absolute atomic E-state index is 11.0. The summed E-state index contributed by atoms with van der Waals surface area (Å²) < 4.78 is 2.62. The quantitative estimate of drug-likeness (QED) is 0.789. The van der Waals surface area contributed by atoms with E-state index in [9.17, 15) is 4.79 Å². The van der Waals surface area contributed by atoms with Crippen molar-refractivity contribution >= 4 is 27.7 Å². The van der Waals surface area contributed by atoms with Gasteiger partial charge in [-0.2, -0.15) is 0 Å². The van der Waals surface area contributed by atoms with Gasteiger partial charge in [0.15, 0.2) is 5.69 Å². The predicted octanol–water partition coefficient (Wildman–Crippen LogP) is 2.86. The summed E-state index contributed by atoms with van der Waals surface area (Å²) in [6, 6.07) is 9.57. The molecule has 0 aliphatic carbocycles. The Bertz CT molecular complexity index is 782. The molecule has 3 aromatic rings. The summed E-state index contributed by atoms with van der Waals surface area (Å²) in [4.78, 5) is 19.0. The predicted molar refractivity (Wildman–Crippen MR) is 73.1 cm³/mol. The summed E-state index contributed by atoms with van der Waals surface area (Å²) in [5.74, 6) is -0.694. The van der Waals surface area contributed by atoms with Gasteiger partial charge in [-0.3, -0.25) is 4.40 Å². The number of nitrogens with zero attached hydrogens (tertiary/aromatic N) is 3. The number of carboxylic acids is 1. The van der Waals surface area contributed by atoms with E-state index in [0.717, 1.165) is 15.7 Å². The molecule has 19 heavy (non-hydrogen) atoms. The highest BCUT2D eigenvalue weighted by atomic mass is 79.9. The van der Waals surface area contributed by atoms with Crippen LogP contribution in [0.1, 0.15) is 10.5 Å². The SMILES string of the molecule is O=C(O)c1cn2c(-c3cccc(Br)c3)ccnc2n1. The summed E-state index contributed by atoms with van der Waals surface area (Å²) in [5.41, 5.74) is 1.78. The van der Waals surface area contributed by atoms with Crippen LogP contribution in [0.3, 0.4) is 0 Å². The molecule has 0 saturated heterocycles. The van der Waals surface area contributed by atoms with Crippen LogP contribution in [0.25, 0.3) is 17.0 Å². The monoisotopic (exact) mass is 317 g/mol. The second-order valence-electron chi connectivity index (χ2n) is 3.94. The number of hydrogen-bond acceptors (Lipinski definition) is 3. The number of aromatic nitrogens is 3. The van der Waals surface area contributed by atoms with Crippen LogP contribution >= 0.6 is 15.9 Å². The molecular formula is C13H8BrN3O2. The lowest BCUT2D eigenvalue weighted by Gasteiger charge is -2.04. The summed E-state index contributed by atoms with van der Waals surface area (Å²) >= 11 is 3.42. The van der Waals surface area contributed by atoms with Crippen molar-refractivity contribution in [3.05, 3.63) is 52.9 Å². The maximum Gasteiger partial charge on any atom is 0.356 e. The highest BCUT2D eigenvalue weighted by Gasteiger charge is 2.12. The van der Waals surface area contributed by atoms with E-state index < -0.39 is 5.97 Å². The standard InChI is InChI=1S/C13H8BrN3O2/c14-9-3-1-2-8(6-9)11-4-5-15-13-16-10(12(18)19)7-17(11)13/h1-7H,(H,18,19). The van der Waals surface area contributed by atoms with Gasteiger partial charge in [-0.05, 0) is 23.8 Å². The van der Waals surface area contributed by atoms with Crippen LogP contribution in [0, 0.1) is 0 Å². The van der Waals surface area contributed by atoms with Crippen molar-refractivity contribution in [3.63, 3.8) is 0 Å². The number of benzene rings is 1. The molecule has 6 heteroatoms. The van der Waals surface area contributed by atoms with Crippen molar-refractivity contribution in [1.82, 2.24) is 14.4 Å². The average Bonchev–Trinajstić information content (AvgIpc) is 2.82. The fraction of sp³-hybridized carbons (Fsp3) is 0. The second-order valence-corrected chi connectivity index (χ2v) is 4.86. The van der Waals surface area contributed by atoms with E-state index in [1.165, 1.54) is 6.20 Å². The molecule has 0 amide bonds. The summed E-state index contributed by atoms with van der Waals surface area (Å²) in [6.07, 6.45) is 3.09. The van der Waals surface area contributed by atoms with Gasteiger partial charge in [0.25, 0.3) is 0 Å². The van der Waals surface area contributed by atoms with Crippen LogP contribution in [0.5, 0.6) is 0 Å². The first kappa shape index (κ1) is 11.9. The van der Waals surface area contributed by atoms with E-state index in [2.05, 4.69) is 25.9 Å². The number of carboxylic acid groups (broad SMARTS) is 1. The third-order valence-electron chi connectivity index (χ3n) is 2.71. The first-order valence-corrected chi connectivity index (χ1v) is 6.28. The first-order valence-electron chi connectivity index (χ1n) is 5.48. The molecule has 5 nitrogen and oxygen atoms in total. The highest BCUT2D eigenvalue weighted by molar-refractivity contribution is 9.10.